The van der Waals surface area contributed by atoms with E-state index in [1.54, 1.807) is 7.11 Å². The standard InChI is InChI=1S/C23H28N4O3/c1-17(29-2)25-9-11-26(12-10-25)19-5-4-6-20(15-19)27-16-24-21-13-18(7-8-22(21)27)14-23(28)30-3/h4-8,13,15-17H,9-12,14H2,1-3H3. The maximum atomic E-state index is 11.5. The Morgan fingerprint density at radius 2 is 1.83 bits per heavy atom. The van der Waals surface area contributed by atoms with E-state index in [4.69, 9.17) is 9.47 Å². The first-order chi connectivity index (χ1) is 14.6. The molecule has 158 valence electrons. The predicted molar refractivity (Wildman–Crippen MR) is 117 cm³/mol. The molecule has 1 aliphatic heterocycles. The summed E-state index contributed by atoms with van der Waals surface area (Å²) in [6.07, 6.45) is 2.24. The van der Waals surface area contributed by atoms with Crippen LogP contribution in [0.3, 0.4) is 0 Å². The number of carbonyl (C=O) groups is 1. The fourth-order valence-electron chi connectivity index (χ4n) is 3.95. The minimum Gasteiger partial charge on any atom is -0.469 e. The molecule has 0 N–H and O–H groups in total. The van der Waals surface area contributed by atoms with E-state index in [2.05, 4.69) is 50.5 Å². The summed E-state index contributed by atoms with van der Waals surface area (Å²) in [4.78, 5) is 20.9. The SMILES string of the molecule is COC(=O)Cc1ccc2c(c1)ncn2-c1cccc(N2CCN(C(C)OC)CC2)c1. The molecule has 7 heteroatoms. The molecule has 2 aromatic carbocycles. The first kappa shape index (κ1) is 20.4. The number of methoxy groups -OCH3 is 2. The lowest BCUT2D eigenvalue weighted by Gasteiger charge is -2.38. The second-order valence-electron chi connectivity index (χ2n) is 7.57. The van der Waals surface area contributed by atoms with Crippen molar-refractivity contribution >= 4 is 22.7 Å². The van der Waals surface area contributed by atoms with E-state index in [1.165, 1.54) is 12.8 Å². The molecule has 1 fully saturated rings. The van der Waals surface area contributed by atoms with Crippen LogP contribution >= 0.6 is 0 Å². The van der Waals surface area contributed by atoms with Crippen molar-refractivity contribution in [2.24, 2.45) is 0 Å². The van der Waals surface area contributed by atoms with E-state index in [0.29, 0.717) is 0 Å². The minimum absolute atomic E-state index is 0.153. The average molecular weight is 409 g/mol. The Bertz CT molecular complexity index is 1020. The summed E-state index contributed by atoms with van der Waals surface area (Å²) in [5.74, 6) is -0.249. The number of esters is 1. The molecule has 1 unspecified atom stereocenters. The van der Waals surface area contributed by atoms with Crippen molar-refractivity contribution in [2.75, 3.05) is 45.3 Å². The third kappa shape index (κ3) is 4.17. The fourth-order valence-corrected chi connectivity index (χ4v) is 3.95. The number of hydrogen-bond donors (Lipinski definition) is 0. The van der Waals surface area contributed by atoms with Crippen LogP contribution in [0.25, 0.3) is 16.7 Å². The van der Waals surface area contributed by atoms with Gasteiger partial charge in [0.2, 0.25) is 0 Å². The van der Waals surface area contributed by atoms with Gasteiger partial charge in [-0.15, -0.1) is 0 Å². The average Bonchev–Trinajstić information content (AvgIpc) is 3.22. The van der Waals surface area contributed by atoms with Crippen LogP contribution in [-0.2, 0) is 20.7 Å². The molecule has 0 saturated carbocycles. The first-order valence-electron chi connectivity index (χ1n) is 10.2. The lowest BCUT2D eigenvalue weighted by molar-refractivity contribution is -0.139. The minimum atomic E-state index is -0.249. The summed E-state index contributed by atoms with van der Waals surface area (Å²) < 4.78 is 12.3. The normalized spacial score (nSPS) is 16.0. The number of imidazole rings is 1. The van der Waals surface area contributed by atoms with Gasteiger partial charge in [0.05, 0.1) is 24.6 Å². The molecule has 3 aromatic rings. The van der Waals surface area contributed by atoms with Crippen LogP contribution in [-0.4, -0.2) is 67.0 Å². The predicted octanol–water partition coefficient (Wildman–Crippen LogP) is 2.86. The van der Waals surface area contributed by atoms with E-state index in [1.807, 2.05) is 24.5 Å². The summed E-state index contributed by atoms with van der Waals surface area (Å²) in [5, 5.41) is 0. The Morgan fingerprint density at radius 1 is 1.07 bits per heavy atom. The van der Waals surface area contributed by atoms with Crippen molar-refractivity contribution in [1.82, 2.24) is 14.5 Å². The van der Waals surface area contributed by atoms with Crippen molar-refractivity contribution in [3.63, 3.8) is 0 Å². The van der Waals surface area contributed by atoms with Gasteiger partial charge in [-0.3, -0.25) is 14.3 Å². The van der Waals surface area contributed by atoms with Crippen molar-refractivity contribution in [1.29, 1.82) is 0 Å². The van der Waals surface area contributed by atoms with E-state index in [0.717, 1.165) is 48.5 Å². The van der Waals surface area contributed by atoms with Gasteiger partial charge in [0.15, 0.2) is 0 Å². The largest absolute Gasteiger partial charge is 0.469 e. The van der Waals surface area contributed by atoms with Crippen LogP contribution in [0.2, 0.25) is 0 Å². The topological polar surface area (TPSA) is 59.8 Å². The van der Waals surface area contributed by atoms with Crippen LogP contribution in [0.4, 0.5) is 5.69 Å². The molecule has 1 aliphatic rings. The van der Waals surface area contributed by atoms with Crippen LogP contribution in [0, 0.1) is 0 Å². The van der Waals surface area contributed by atoms with Gasteiger partial charge in [-0.2, -0.15) is 0 Å². The number of aromatic nitrogens is 2. The second kappa shape index (κ2) is 8.85. The highest BCUT2D eigenvalue weighted by molar-refractivity contribution is 5.80. The molecular formula is C23H28N4O3. The van der Waals surface area contributed by atoms with Crippen LogP contribution < -0.4 is 4.90 Å². The molecule has 0 spiro atoms. The van der Waals surface area contributed by atoms with Gasteiger partial charge in [0.1, 0.15) is 12.6 Å². The van der Waals surface area contributed by atoms with E-state index in [-0.39, 0.29) is 18.6 Å². The Morgan fingerprint density at radius 3 is 2.57 bits per heavy atom. The molecular weight excluding hydrogens is 380 g/mol. The fraction of sp³-hybridized carbons (Fsp3) is 0.391. The zero-order valence-corrected chi connectivity index (χ0v) is 17.7. The first-order valence-corrected chi connectivity index (χ1v) is 10.2. The number of piperazine rings is 1. The van der Waals surface area contributed by atoms with Gasteiger partial charge in [-0.05, 0) is 42.8 Å². The zero-order chi connectivity index (χ0) is 21.1. The molecule has 1 saturated heterocycles. The molecule has 2 heterocycles. The number of anilines is 1. The molecule has 4 rings (SSSR count). The zero-order valence-electron chi connectivity index (χ0n) is 17.7. The Labute approximate surface area is 176 Å². The number of ether oxygens (including phenoxy) is 2. The highest BCUT2D eigenvalue weighted by atomic mass is 16.5. The van der Waals surface area contributed by atoms with Gasteiger partial charge >= 0.3 is 5.97 Å². The monoisotopic (exact) mass is 408 g/mol. The number of hydrogen-bond acceptors (Lipinski definition) is 6. The lowest BCUT2D eigenvalue weighted by Crippen LogP contribution is -2.50. The molecule has 1 atom stereocenters. The molecule has 7 nitrogen and oxygen atoms in total. The Kier molecular flexibility index (Phi) is 6.01. The van der Waals surface area contributed by atoms with Crippen molar-refractivity contribution < 1.29 is 14.3 Å². The van der Waals surface area contributed by atoms with Gasteiger partial charge in [0, 0.05) is 44.7 Å². The summed E-state index contributed by atoms with van der Waals surface area (Å²) in [5.41, 5.74) is 5.06. The van der Waals surface area contributed by atoms with Crippen molar-refractivity contribution in [3.05, 3.63) is 54.4 Å². The number of nitrogens with zero attached hydrogens (tertiary/aromatic N) is 4. The molecule has 0 radical (unpaired) electrons. The van der Waals surface area contributed by atoms with Gasteiger partial charge in [-0.25, -0.2) is 4.98 Å². The van der Waals surface area contributed by atoms with Gasteiger partial charge in [0.25, 0.3) is 0 Å². The van der Waals surface area contributed by atoms with Crippen molar-refractivity contribution in [3.8, 4) is 5.69 Å². The maximum Gasteiger partial charge on any atom is 0.309 e. The summed E-state index contributed by atoms with van der Waals surface area (Å²) in [6.45, 7) is 6.00. The number of benzene rings is 2. The van der Waals surface area contributed by atoms with E-state index >= 15 is 0 Å². The smallest absolute Gasteiger partial charge is 0.309 e. The van der Waals surface area contributed by atoms with Gasteiger partial charge < -0.3 is 14.4 Å². The molecule has 30 heavy (non-hydrogen) atoms. The number of fused-ring (bicyclic) bond motifs is 1. The quantitative estimate of drug-likeness (QED) is 0.585. The highest BCUT2D eigenvalue weighted by Crippen LogP contribution is 2.24. The number of carbonyl (C=O) groups excluding carboxylic acids is 1. The number of rotatable bonds is 6. The van der Waals surface area contributed by atoms with Crippen LogP contribution in [0.1, 0.15) is 12.5 Å². The second-order valence-corrected chi connectivity index (χ2v) is 7.57. The third-order valence-corrected chi connectivity index (χ3v) is 5.83. The summed E-state index contributed by atoms with van der Waals surface area (Å²) >= 11 is 0. The van der Waals surface area contributed by atoms with Crippen LogP contribution in [0.5, 0.6) is 0 Å². The van der Waals surface area contributed by atoms with E-state index in [9.17, 15) is 4.79 Å². The highest BCUT2D eigenvalue weighted by Gasteiger charge is 2.21. The summed E-state index contributed by atoms with van der Waals surface area (Å²) in [6, 6.07) is 14.5. The molecule has 0 amide bonds. The van der Waals surface area contributed by atoms with Crippen molar-refractivity contribution in [2.45, 2.75) is 19.6 Å². The summed E-state index contributed by atoms with van der Waals surface area (Å²) in [7, 11) is 3.16. The Balaban J connectivity index is 1.54. The van der Waals surface area contributed by atoms with Gasteiger partial charge in [-0.1, -0.05) is 12.1 Å². The maximum absolute atomic E-state index is 11.5. The van der Waals surface area contributed by atoms with Crippen LogP contribution in [0.15, 0.2) is 48.8 Å². The Hall–Kier alpha value is -2.90. The molecule has 0 bridgehead atoms. The lowest BCUT2D eigenvalue weighted by atomic mass is 10.1. The molecule has 0 aliphatic carbocycles. The molecule has 1 aromatic heterocycles. The van der Waals surface area contributed by atoms with E-state index < -0.39 is 0 Å². The third-order valence-electron chi connectivity index (χ3n) is 5.83.